The highest BCUT2D eigenvalue weighted by atomic mass is 16.2. The van der Waals surface area contributed by atoms with Crippen LogP contribution in [-0.2, 0) is 9.59 Å². The summed E-state index contributed by atoms with van der Waals surface area (Å²) in [6.45, 7) is 0.699. The van der Waals surface area contributed by atoms with Gasteiger partial charge in [0, 0.05) is 13.6 Å². The average Bonchev–Trinajstić information content (AvgIpc) is 2.55. The predicted molar refractivity (Wildman–Crippen MR) is 79.9 cm³/mol. The number of likely N-dealkylation sites (tertiary alicyclic amines) is 1. The lowest BCUT2D eigenvalue weighted by molar-refractivity contribution is -0.134. The van der Waals surface area contributed by atoms with Crippen LogP contribution < -0.4 is 16.6 Å². The molecule has 21 heavy (non-hydrogen) atoms. The van der Waals surface area contributed by atoms with Crippen LogP contribution in [0.3, 0.4) is 0 Å². The Bertz CT molecular complexity index is 492. The number of carbonyl (C=O) groups is 2. The first kappa shape index (κ1) is 15.5. The third-order valence-corrected chi connectivity index (χ3v) is 3.93. The van der Waals surface area contributed by atoms with E-state index in [0.29, 0.717) is 6.54 Å². The minimum absolute atomic E-state index is 0.0551. The number of amides is 2. The number of piperidine rings is 1. The molecule has 1 heterocycles. The first-order chi connectivity index (χ1) is 10.2. The molecule has 1 aromatic carbocycles. The number of likely N-dealkylation sites (N-methyl/N-ethyl adjacent to an activating group) is 1. The summed E-state index contributed by atoms with van der Waals surface area (Å²) in [6.07, 6.45) is 2.70. The van der Waals surface area contributed by atoms with E-state index in [0.717, 1.165) is 24.8 Å². The van der Waals surface area contributed by atoms with Crippen LogP contribution in [0.2, 0.25) is 0 Å². The van der Waals surface area contributed by atoms with Crippen LogP contribution in [0.4, 0.5) is 0 Å². The van der Waals surface area contributed by atoms with E-state index >= 15 is 0 Å². The fourth-order valence-electron chi connectivity index (χ4n) is 2.92. The third kappa shape index (κ3) is 3.40. The van der Waals surface area contributed by atoms with Crippen LogP contribution in [0.15, 0.2) is 30.3 Å². The molecule has 2 rings (SSSR count). The monoisotopic (exact) mass is 290 g/mol. The van der Waals surface area contributed by atoms with E-state index in [2.05, 4.69) is 10.7 Å². The summed E-state index contributed by atoms with van der Waals surface area (Å²) in [6, 6.07) is 8.58. The van der Waals surface area contributed by atoms with E-state index in [1.807, 2.05) is 35.2 Å². The molecule has 1 aliphatic heterocycles. The van der Waals surface area contributed by atoms with Crippen molar-refractivity contribution in [1.29, 1.82) is 0 Å². The van der Waals surface area contributed by atoms with E-state index in [1.165, 1.54) is 0 Å². The average molecular weight is 290 g/mol. The van der Waals surface area contributed by atoms with E-state index in [1.54, 1.807) is 7.05 Å². The van der Waals surface area contributed by atoms with E-state index in [-0.39, 0.29) is 17.9 Å². The largest absolute Gasteiger partial charge is 0.358 e. The zero-order chi connectivity index (χ0) is 15.2. The normalized spacial score (nSPS) is 20.6. The molecule has 1 saturated heterocycles. The first-order valence-corrected chi connectivity index (χ1v) is 7.21. The van der Waals surface area contributed by atoms with Crippen molar-refractivity contribution < 1.29 is 9.59 Å². The highest BCUT2D eigenvalue weighted by molar-refractivity contribution is 5.85. The van der Waals surface area contributed by atoms with Gasteiger partial charge in [0.05, 0.1) is 6.04 Å². The highest BCUT2D eigenvalue weighted by Crippen LogP contribution is 2.29. The fraction of sp³-hybridized carbons (Fsp3) is 0.467. The summed E-state index contributed by atoms with van der Waals surface area (Å²) in [4.78, 5) is 26.3. The predicted octanol–water partition coefficient (Wildman–Crippen LogP) is 0.318. The van der Waals surface area contributed by atoms with Crippen LogP contribution in [0.25, 0.3) is 0 Å². The Labute approximate surface area is 124 Å². The molecule has 0 spiro atoms. The van der Waals surface area contributed by atoms with Crippen molar-refractivity contribution in [2.24, 2.45) is 5.84 Å². The molecule has 2 unspecified atom stereocenters. The standard InChI is InChI=1S/C15H22N4O2/c1-17-14(20)12-9-5-6-10-19(12)13(15(21)18-16)11-7-3-2-4-8-11/h2-4,7-8,12-13H,5-6,9-10,16H2,1H3,(H,17,20)(H,18,21). The van der Waals surface area contributed by atoms with Gasteiger partial charge in [-0.15, -0.1) is 0 Å². The Balaban J connectivity index is 2.34. The van der Waals surface area contributed by atoms with E-state index in [9.17, 15) is 9.59 Å². The molecule has 1 aromatic rings. The van der Waals surface area contributed by atoms with Gasteiger partial charge in [-0.1, -0.05) is 36.8 Å². The number of nitrogens with one attached hydrogen (secondary N) is 2. The first-order valence-electron chi connectivity index (χ1n) is 7.21. The van der Waals surface area contributed by atoms with Crippen molar-refractivity contribution in [3.63, 3.8) is 0 Å². The van der Waals surface area contributed by atoms with Crippen molar-refractivity contribution in [2.75, 3.05) is 13.6 Å². The molecule has 0 radical (unpaired) electrons. The summed E-state index contributed by atoms with van der Waals surface area (Å²) in [5, 5.41) is 2.68. The number of rotatable bonds is 4. The van der Waals surface area contributed by atoms with Crippen LogP contribution >= 0.6 is 0 Å². The van der Waals surface area contributed by atoms with Gasteiger partial charge in [-0.3, -0.25) is 19.9 Å². The molecule has 0 aliphatic carbocycles. The molecule has 2 atom stereocenters. The van der Waals surface area contributed by atoms with Gasteiger partial charge in [-0.25, -0.2) is 5.84 Å². The smallest absolute Gasteiger partial charge is 0.255 e. The van der Waals surface area contributed by atoms with Gasteiger partial charge in [0.15, 0.2) is 0 Å². The molecule has 0 saturated carbocycles. The number of benzene rings is 1. The van der Waals surface area contributed by atoms with Crippen molar-refractivity contribution in [1.82, 2.24) is 15.6 Å². The van der Waals surface area contributed by atoms with Gasteiger partial charge >= 0.3 is 0 Å². The number of hydrazine groups is 1. The molecular formula is C15H22N4O2. The summed E-state index contributed by atoms with van der Waals surface area (Å²) in [7, 11) is 1.62. The quantitative estimate of drug-likeness (QED) is 0.423. The number of nitrogens with two attached hydrogens (primary N) is 1. The van der Waals surface area contributed by atoms with E-state index < -0.39 is 6.04 Å². The Hall–Kier alpha value is -1.92. The van der Waals surface area contributed by atoms with Crippen molar-refractivity contribution >= 4 is 11.8 Å². The van der Waals surface area contributed by atoms with Crippen molar-refractivity contribution in [2.45, 2.75) is 31.3 Å². The second kappa shape index (κ2) is 7.19. The van der Waals surface area contributed by atoms with Gasteiger partial charge in [-0.2, -0.15) is 0 Å². The lowest BCUT2D eigenvalue weighted by Crippen LogP contribution is -2.54. The van der Waals surface area contributed by atoms with Crippen LogP contribution in [0.5, 0.6) is 0 Å². The number of hydrogen-bond acceptors (Lipinski definition) is 4. The van der Waals surface area contributed by atoms with Crippen LogP contribution in [-0.4, -0.2) is 36.3 Å². The molecule has 6 heteroatoms. The lowest BCUT2D eigenvalue weighted by atomic mass is 9.95. The Kier molecular flexibility index (Phi) is 5.30. The maximum Gasteiger partial charge on any atom is 0.255 e. The fourth-order valence-corrected chi connectivity index (χ4v) is 2.92. The number of carbonyl (C=O) groups excluding carboxylic acids is 2. The van der Waals surface area contributed by atoms with Crippen LogP contribution in [0.1, 0.15) is 30.9 Å². The van der Waals surface area contributed by atoms with Gasteiger partial charge in [-0.05, 0) is 18.4 Å². The second-order valence-electron chi connectivity index (χ2n) is 5.19. The molecular weight excluding hydrogens is 268 g/mol. The zero-order valence-corrected chi connectivity index (χ0v) is 12.2. The molecule has 1 fully saturated rings. The number of nitrogens with zero attached hydrogens (tertiary/aromatic N) is 1. The molecule has 6 nitrogen and oxygen atoms in total. The lowest BCUT2D eigenvalue weighted by Gasteiger charge is -2.39. The summed E-state index contributed by atoms with van der Waals surface area (Å²) in [5.41, 5.74) is 3.07. The van der Waals surface area contributed by atoms with Gasteiger partial charge in [0.1, 0.15) is 6.04 Å². The highest BCUT2D eigenvalue weighted by Gasteiger charge is 2.37. The van der Waals surface area contributed by atoms with Crippen LogP contribution in [0, 0.1) is 0 Å². The summed E-state index contributed by atoms with van der Waals surface area (Å²) in [5.74, 6) is 4.99. The Morgan fingerprint density at radius 2 is 2.00 bits per heavy atom. The van der Waals surface area contributed by atoms with Gasteiger partial charge in [0.25, 0.3) is 5.91 Å². The summed E-state index contributed by atoms with van der Waals surface area (Å²) < 4.78 is 0. The third-order valence-electron chi connectivity index (χ3n) is 3.93. The Morgan fingerprint density at radius 3 is 2.62 bits per heavy atom. The van der Waals surface area contributed by atoms with E-state index in [4.69, 9.17) is 5.84 Å². The van der Waals surface area contributed by atoms with Crippen molar-refractivity contribution in [3.05, 3.63) is 35.9 Å². The zero-order valence-electron chi connectivity index (χ0n) is 12.2. The molecule has 1 aliphatic rings. The Morgan fingerprint density at radius 1 is 1.29 bits per heavy atom. The molecule has 114 valence electrons. The SMILES string of the molecule is CNC(=O)C1CCCCN1C(C(=O)NN)c1ccccc1. The minimum atomic E-state index is -0.543. The molecule has 4 N–H and O–H groups in total. The second-order valence-corrected chi connectivity index (χ2v) is 5.19. The molecule has 0 bridgehead atoms. The minimum Gasteiger partial charge on any atom is -0.358 e. The molecule has 2 amide bonds. The maximum atomic E-state index is 12.3. The summed E-state index contributed by atoms with van der Waals surface area (Å²) >= 11 is 0. The topological polar surface area (TPSA) is 87.5 Å². The van der Waals surface area contributed by atoms with Gasteiger partial charge < -0.3 is 5.32 Å². The maximum absolute atomic E-state index is 12.3. The van der Waals surface area contributed by atoms with Gasteiger partial charge in [0.2, 0.25) is 5.91 Å². The molecule has 0 aromatic heterocycles. The number of hydrogen-bond donors (Lipinski definition) is 3. The van der Waals surface area contributed by atoms with Crippen molar-refractivity contribution in [3.8, 4) is 0 Å².